The van der Waals surface area contributed by atoms with Crippen LogP contribution in [0.15, 0.2) is 18.3 Å². The van der Waals surface area contributed by atoms with Crippen LogP contribution in [0, 0.1) is 0 Å². The molecule has 5 heteroatoms. The van der Waals surface area contributed by atoms with Gasteiger partial charge in [0.1, 0.15) is 5.75 Å². The molecular formula is C14H20N4O. The quantitative estimate of drug-likeness (QED) is 0.849. The van der Waals surface area contributed by atoms with Crippen LogP contribution >= 0.6 is 0 Å². The van der Waals surface area contributed by atoms with E-state index < -0.39 is 0 Å². The first kappa shape index (κ1) is 12.4. The van der Waals surface area contributed by atoms with E-state index >= 15 is 0 Å². The molecule has 0 spiro atoms. The molecule has 19 heavy (non-hydrogen) atoms. The number of hydrogen-bond acceptors (Lipinski definition) is 4. The third kappa shape index (κ3) is 2.08. The molecule has 1 aliphatic heterocycles. The number of aromatic nitrogens is 3. The van der Waals surface area contributed by atoms with Crippen LogP contribution in [0.2, 0.25) is 0 Å². The Balaban J connectivity index is 2.04. The highest BCUT2D eigenvalue weighted by Gasteiger charge is 2.31. The molecule has 1 aliphatic rings. The van der Waals surface area contributed by atoms with Gasteiger partial charge in [0.25, 0.3) is 0 Å². The molecule has 1 saturated heterocycles. The molecule has 0 aromatic carbocycles. The average Bonchev–Trinajstić information content (AvgIpc) is 3.03. The van der Waals surface area contributed by atoms with Crippen LogP contribution < -0.4 is 4.74 Å². The van der Waals surface area contributed by atoms with Crippen LogP contribution in [0.1, 0.15) is 38.6 Å². The van der Waals surface area contributed by atoms with Gasteiger partial charge in [-0.2, -0.15) is 0 Å². The fourth-order valence-electron chi connectivity index (χ4n) is 2.92. The van der Waals surface area contributed by atoms with Gasteiger partial charge in [-0.3, -0.25) is 9.30 Å². The van der Waals surface area contributed by atoms with Crippen molar-refractivity contribution in [2.24, 2.45) is 0 Å². The third-order valence-corrected chi connectivity index (χ3v) is 3.89. The van der Waals surface area contributed by atoms with E-state index in [0.717, 1.165) is 30.2 Å². The molecule has 102 valence electrons. The Morgan fingerprint density at radius 3 is 2.89 bits per heavy atom. The van der Waals surface area contributed by atoms with Crippen molar-refractivity contribution in [2.75, 3.05) is 13.7 Å². The predicted molar refractivity (Wildman–Crippen MR) is 73.4 cm³/mol. The Labute approximate surface area is 113 Å². The van der Waals surface area contributed by atoms with Crippen molar-refractivity contribution in [1.82, 2.24) is 19.5 Å². The van der Waals surface area contributed by atoms with E-state index in [1.807, 2.05) is 18.3 Å². The van der Waals surface area contributed by atoms with Crippen molar-refractivity contribution in [3.05, 3.63) is 24.2 Å². The maximum atomic E-state index is 5.29. The maximum absolute atomic E-state index is 5.29. The van der Waals surface area contributed by atoms with Gasteiger partial charge < -0.3 is 4.74 Å². The highest BCUT2D eigenvalue weighted by molar-refractivity contribution is 5.41. The summed E-state index contributed by atoms with van der Waals surface area (Å²) < 4.78 is 7.35. The highest BCUT2D eigenvalue weighted by Crippen LogP contribution is 2.32. The first-order valence-electron chi connectivity index (χ1n) is 6.85. The van der Waals surface area contributed by atoms with Crippen molar-refractivity contribution in [1.29, 1.82) is 0 Å². The van der Waals surface area contributed by atoms with Crippen molar-refractivity contribution >= 4 is 5.65 Å². The van der Waals surface area contributed by atoms with E-state index in [9.17, 15) is 0 Å². The first-order chi connectivity index (χ1) is 9.20. The van der Waals surface area contributed by atoms with Gasteiger partial charge in [-0.1, -0.05) is 0 Å². The molecule has 3 rings (SSSR count). The Morgan fingerprint density at radius 2 is 2.16 bits per heavy atom. The number of methoxy groups -OCH3 is 1. The van der Waals surface area contributed by atoms with Crippen molar-refractivity contribution in [3.63, 3.8) is 0 Å². The molecule has 1 unspecified atom stereocenters. The summed E-state index contributed by atoms with van der Waals surface area (Å²) in [5.74, 6) is 1.86. The molecule has 0 N–H and O–H groups in total. The summed E-state index contributed by atoms with van der Waals surface area (Å²) in [6, 6.07) is 4.76. The fourth-order valence-corrected chi connectivity index (χ4v) is 2.92. The topological polar surface area (TPSA) is 42.7 Å². The van der Waals surface area contributed by atoms with E-state index in [0.29, 0.717) is 12.1 Å². The monoisotopic (exact) mass is 260 g/mol. The van der Waals surface area contributed by atoms with Gasteiger partial charge in [-0.25, -0.2) is 0 Å². The largest absolute Gasteiger partial charge is 0.495 e. The smallest absolute Gasteiger partial charge is 0.161 e. The van der Waals surface area contributed by atoms with E-state index in [4.69, 9.17) is 4.74 Å². The zero-order valence-corrected chi connectivity index (χ0v) is 11.7. The minimum absolute atomic E-state index is 0.363. The second-order valence-electron chi connectivity index (χ2n) is 5.34. The van der Waals surface area contributed by atoms with Crippen LogP contribution in [0.5, 0.6) is 5.75 Å². The summed E-state index contributed by atoms with van der Waals surface area (Å²) in [7, 11) is 1.68. The van der Waals surface area contributed by atoms with Gasteiger partial charge in [0.2, 0.25) is 0 Å². The summed E-state index contributed by atoms with van der Waals surface area (Å²) in [6.07, 6.45) is 4.35. The van der Waals surface area contributed by atoms with E-state index in [-0.39, 0.29) is 0 Å². The summed E-state index contributed by atoms with van der Waals surface area (Å²) in [5, 5.41) is 8.66. The molecule has 0 amide bonds. The SMILES string of the molecule is COc1ccc2nnc(C3CCCN3C(C)C)n2c1. The molecule has 0 radical (unpaired) electrons. The molecule has 2 aromatic heterocycles. The van der Waals surface area contributed by atoms with Crippen molar-refractivity contribution < 1.29 is 4.74 Å². The number of likely N-dealkylation sites (tertiary alicyclic amines) is 1. The lowest BCUT2D eigenvalue weighted by Gasteiger charge is -2.26. The number of rotatable bonds is 3. The summed E-state index contributed by atoms with van der Waals surface area (Å²) in [6.45, 7) is 5.62. The van der Waals surface area contributed by atoms with Crippen LogP contribution in [-0.4, -0.2) is 39.2 Å². The van der Waals surface area contributed by atoms with E-state index in [1.165, 1.54) is 6.42 Å². The average molecular weight is 260 g/mol. The van der Waals surface area contributed by atoms with Crippen LogP contribution in [0.4, 0.5) is 0 Å². The summed E-state index contributed by atoms with van der Waals surface area (Å²) in [4.78, 5) is 2.50. The minimum Gasteiger partial charge on any atom is -0.495 e. The molecule has 2 aromatic rings. The van der Waals surface area contributed by atoms with Gasteiger partial charge >= 0.3 is 0 Å². The molecule has 5 nitrogen and oxygen atoms in total. The van der Waals surface area contributed by atoms with Gasteiger partial charge in [0.15, 0.2) is 11.5 Å². The number of pyridine rings is 1. The summed E-state index contributed by atoms with van der Waals surface area (Å²) >= 11 is 0. The van der Waals surface area contributed by atoms with Crippen molar-refractivity contribution in [2.45, 2.75) is 38.8 Å². The van der Waals surface area contributed by atoms with Crippen molar-refractivity contribution in [3.8, 4) is 5.75 Å². The molecule has 0 saturated carbocycles. The molecule has 1 atom stereocenters. The standard InChI is InChI=1S/C14H20N4O/c1-10(2)17-8-4-5-12(17)14-16-15-13-7-6-11(19-3)9-18(13)14/h6-7,9-10,12H,4-5,8H2,1-3H3. The summed E-state index contributed by atoms with van der Waals surface area (Å²) in [5.41, 5.74) is 0.881. The lowest BCUT2D eigenvalue weighted by molar-refractivity contribution is 0.197. The second kappa shape index (κ2) is 4.81. The Bertz CT molecular complexity index is 578. The van der Waals surface area contributed by atoms with Gasteiger partial charge in [0, 0.05) is 6.04 Å². The fraction of sp³-hybridized carbons (Fsp3) is 0.571. The van der Waals surface area contributed by atoms with Gasteiger partial charge in [0.05, 0.1) is 19.3 Å². The molecular weight excluding hydrogens is 240 g/mol. The normalized spacial score (nSPS) is 20.5. The Kier molecular flexibility index (Phi) is 3.14. The van der Waals surface area contributed by atoms with Gasteiger partial charge in [-0.15, -0.1) is 10.2 Å². The zero-order chi connectivity index (χ0) is 13.4. The number of hydrogen-bond donors (Lipinski definition) is 0. The van der Waals surface area contributed by atoms with Crippen LogP contribution in [-0.2, 0) is 0 Å². The van der Waals surface area contributed by atoms with E-state index in [2.05, 4.69) is 33.3 Å². The van der Waals surface area contributed by atoms with Crippen LogP contribution in [0.3, 0.4) is 0 Å². The Morgan fingerprint density at radius 1 is 1.32 bits per heavy atom. The lowest BCUT2D eigenvalue weighted by atomic mass is 10.2. The first-order valence-corrected chi connectivity index (χ1v) is 6.85. The molecule has 0 aliphatic carbocycles. The van der Waals surface area contributed by atoms with E-state index in [1.54, 1.807) is 7.11 Å². The zero-order valence-electron chi connectivity index (χ0n) is 11.7. The Hall–Kier alpha value is -1.62. The maximum Gasteiger partial charge on any atom is 0.161 e. The molecule has 1 fully saturated rings. The predicted octanol–water partition coefficient (Wildman–Crippen LogP) is 2.28. The number of fused-ring (bicyclic) bond motifs is 1. The third-order valence-electron chi connectivity index (χ3n) is 3.89. The second-order valence-corrected chi connectivity index (χ2v) is 5.34. The molecule has 0 bridgehead atoms. The van der Waals surface area contributed by atoms with Gasteiger partial charge in [-0.05, 0) is 45.4 Å². The number of ether oxygens (including phenoxy) is 1. The molecule has 3 heterocycles. The number of nitrogens with zero attached hydrogens (tertiary/aromatic N) is 4. The van der Waals surface area contributed by atoms with Crippen LogP contribution in [0.25, 0.3) is 5.65 Å². The highest BCUT2D eigenvalue weighted by atomic mass is 16.5. The lowest BCUT2D eigenvalue weighted by Crippen LogP contribution is -2.31. The minimum atomic E-state index is 0.363.